The van der Waals surface area contributed by atoms with Gasteiger partial charge in [0, 0.05) is 12.3 Å². The van der Waals surface area contributed by atoms with Crippen molar-refractivity contribution in [2.75, 3.05) is 0 Å². The predicted octanol–water partition coefficient (Wildman–Crippen LogP) is 2.74. The van der Waals surface area contributed by atoms with E-state index in [9.17, 15) is 18.8 Å². The van der Waals surface area contributed by atoms with Crippen LogP contribution >= 0.6 is 15.9 Å². The first-order chi connectivity index (χ1) is 11.1. The molecule has 24 heavy (non-hydrogen) atoms. The monoisotopic (exact) mass is 398 g/mol. The lowest BCUT2D eigenvalue weighted by Crippen LogP contribution is -2.45. The number of rotatable bonds is 2. The van der Waals surface area contributed by atoms with Gasteiger partial charge in [-0.1, -0.05) is 6.07 Å². The van der Waals surface area contributed by atoms with Crippen LogP contribution in [0.25, 0.3) is 0 Å². The van der Waals surface area contributed by atoms with Crippen LogP contribution in [0.1, 0.15) is 26.3 Å². The highest BCUT2D eigenvalue weighted by molar-refractivity contribution is 9.10. The van der Waals surface area contributed by atoms with Gasteiger partial charge in [-0.05, 0) is 54.4 Å². The number of aromatic nitrogens is 2. The van der Waals surface area contributed by atoms with Gasteiger partial charge in [-0.2, -0.15) is 4.57 Å². The van der Waals surface area contributed by atoms with Crippen LogP contribution in [0.5, 0.6) is 0 Å². The third-order valence-corrected chi connectivity index (χ3v) is 3.58. The van der Waals surface area contributed by atoms with E-state index in [0.717, 1.165) is 6.07 Å². The summed E-state index contributed by atoms with van der Waals surface area (Å²) in [5, 5.41) is 0. The molecule has 0 atom stereocenters. The number of hydrogen-bond donors (Lipinski definition) is 0. The molecule has 6 nitrogen and oxygen atoms in total. The van der Waals surface area contributed by atoms with Crippen molar-refractivity contribution in [3.05, 3.63) is 67.2 Å². The standard InChI is InChI=1S/C16H16BrFN2O4/c1-16(2,3)24-15(23)20-13(21)6-7-19(14(20)22)9-10-4-5-12(18)11(17)8-10/h4-8H,9H2,1-3H3. The first kappa shape index (κ1) is 18.1. The zero-order valence-electron chi connectivity index (χ0n) is 13.4. The highest BCUT2D eigenvalue weighted by Gasteiger charge is 2.21. The number of halogens is 2. The number of ether oxygens (including phenoxy) is 1. The third kappa shape index (κ3) is 4.19. The molecule has 8 heteroatoms. The van der Waals surface area contributed by atoms with Crippen LogP contribution in [-0.2, 0) is 11.3 Å². The van der Waals surface area contributed by atoms with Gasteiger partial charge in [0.15, 0.2) is 0 Å². The number of hydrogen-bond acceptors (Lipinski definition) is 4. The number of benzene rings is 1. The van der Waals surface area contributed by atoms with Crippen molar-refractivity contribution in [1.29, 1.82) is 0 Å². The Hall–Kier alpha value is -2.22. The van der Waals surface area contributed by atoms with Gasteiger partial charge in [0.05, 0.1) is 11.0 Å². The molecule has 0 fully saturated rings. The maximum atomic E-state index is 13.3. The van der Waals surface area contributed by atoms with E-state index in [1.807, 2.05) is 0 Å². The van der Waals surface area contributed by atoms with Crippen LogP contribution in [0, 0.1) is 5.82 Å². The smallest absolute Gasteiger partial charge is 0.425 e. The Bertz CT molecular complexity index is 896. The summed E-state index contributed by atoms with van der Waals surface area (Å²) < 4.78 is 20.2. The average Bonchev–Trinajstić information content (AvgIpc) is 2.44. The van der Waals surface area contributed by atoms with Crippen LogP contribution in [-0.4, -0.2) is 20.8 Å². The van der Waals surface area contributed by atoms with Gasteiger partial charge < -0.3 is 4.74 Å². The largest absolute Gasteiger partial charge is 0.443 e. The van der Waals surface area contributed by atoms with Crippen molar-refractivity contribution in [1.82, 2.24) is 9.13 Å². The van der Waals surface area contributed by atoms with Crippen LogP contribution in [0.4, 0.5) is 9.18 Å². The van der Waals surface area contributed by atoms with E-state index in [2.05, 4.69) is 15.9 Å². The molecule has 0 aliphatic carbocycles. The van der Waals surface area contributed by atoms with Gasteiger partial charge >= 0.3 is 11.8 Å². The van der Waals surface area contributed by atoms with Gasteiger partial charge in [-0.15, -0.1) is 0 Å². The van der Waals surface area contributed by atoms with E-state index in [4.69, 9.17) is 4.74 Å². The molecule has 1 heterocycles. The van der Waals surface area contributed by atoms with Gasteiger partial charge in [0.2, 0.25) is 0 Å². The molecule has 0 saturated carbocycles. The van der Waals surface area contributed by atoms with Gasteiger partial charge in [0.1, 0.15) is 11.4 Å². The molecule has 0 N–H and O–H groups in total. The van der Waals surface area contributed by atoms with Gasteiger partial charge in [0.25, 0.3) is 5.56 Å². The molecule has 0 radical (unpaired) electrons. The van der Waals surface area contributed by atoms with Gasteiger partial charge in [-0.25, -0.2) is 14.0 Å². The lowest BCUT2D eigenvalue weighted by molar-refractivity contribution is 0.0520. The van der Waals surface area contributed by atoms with Crippen molar-refractivity contribution in [2.24, 2.45) is 0 Å². The fraction of sp³-hybridized carbons (Fsp3) is 0.312. The van der Waals surface area contributed by atoms with Crippen LogP contribution in [0.2, 0.25) is 0 Å². The minimum absolute atomic E-state index is 0.0702. The number of carbonyl (C=O) groups excluding carboxylic acids is 1. The summed E-state index contributed by atoms with van der Waals surface area (Å²) in [6, 6.07) is 5.39. The Morgan fingerprint density at radius 3 is 2.50 bits per heavy atom. The molecule has 0 amide bonds. The predicted molar refractivity (Wildman–Crippen MR) is 89.8 cm³/mol. The van der Waals surface area contributed by atoms with E-state index >= 15 is 0 Å². The minimum Gasteiger partial charge on any atom is -0.443 e. The molecule has 1 aromatic heterocycles. The fourth-order valence-corrected chi connectivity index (χ4v) is 2.37. The fourth-order valence-electron chi connectivity index (χ4n) is 1.95. The molecule has 2 rings (SSSR count). The number of carbonyl (C=O) groups is 1. The van der Waals surface area contributed by atoms with Crippen molar-refractivity contribution >= 4 is 22.0 Å². The second-order valence-electron chi connectivity index (χ2n) is 6.13. The molecule has 1 aromatic carbocycles. The first-order valence-corrected chi connectivity index (χ1v) is 7.87. The topological polar surface area (TPSA) is 70.3 Å². The van der Waals surface area contributed by atoms with E-state index in [1.54, 1.807) is 20.8 Å². The highest BCUT2D eigenvalue weighted by atomic mass is 79.9. The van der Waals surface area contributed by atoms with E-state index in [0.29, 0.717) is 10.1 Å². The Balaban J connectivity index is 2.41. The first-order valence-electron chi connectivity index (χ1n) is 7.08. The molecule has 0 spiro atoms. The lowest BCUT2D eigenvalue weighted by atomic mass is 10.2. The zero-order valence-corrected chi connectivity index (χ0v) is 15.0. The zero-order chi connectivity index (χ0) is 18.1. The molecule has 2 aromatic rings. The van der Waals surface area contributed by atoms with Crippen LogP contribution in [0.15, 0.2) is 44.5 Å². The SMILES string of the molecule is CC(C)(C)OC(=O)n1c(=O)ccn(Cc2ccc(F)c(Br)c2)c1=O. The summed E-state index contributed by atoms with van der Waals surface area (Å²) in [6.45, 7) is 4.97. The molecular formula is C16H16BrFN2O4. The maximum absolute atomic E-state index is 13.3. The average molecular weight is 399 g/mol. The summed E-state index contributed by atoms with van der Waals surface area (Å²) >= 11 is 3.07. The van der Waals surface area contributed by atoms with Crippen molar-refractivity contribution in [3.8, 4) is 0 Å². The summed E-state index contributed by atoms with van der Waals surface area (Å²) in [5.74, 6) is -0.426. The van der Waals surface area contributed by atoms with Crippen LogP contribution < -0.4 is 11.2 Å². The van der Waals surface area contributed by atoms with Crippen molar-refractivity contribution < 1.29 is 13.9 Å². The Labute approximate surface area is 145 Å². The Morgan fingerprint density at radius 2 is 1.92 bits per heavy atom. The second-order valence-corrected chi connectivity index (χ2v) is 6.98. The maximum Gasteiger partial charge on any atom is 0.425 e. The summed E-state index contributed by atoms with van der Waals surface area (Å²) in [7, 11) is 0. The molecule has 0 aliphatic rings. The Kier molecular flexibility index (Phi) is 5.08. The molecule has 0 aliphatic heterocycles. The third-order valence-electron chi connectivity index (χ3n) is 2.97. The van der Waals surface area contributed by atoms with Crippen molar-refractivity contribution in [2.45, 2.75) is 32.9 Å². The van der Waals surface area contributed by atoms with E-state index in [-0.39, 0.29) is 11.0 Å². The molecule has 128 valence electrons. The van der Waals surface area contributed by atoms with Crippen LogP contribution in [0.3, 0.4) is 0 Å². The molecular weight excluding hydrogens is 383 g/mol. The normalized spacial score (nSPS) is 11.4. The molecule has 0 bridgehead atoms. The Morgan fingerprint density at radius 1 is 1.25 bits per heavy atom. The quantitative estimate of drug-likeness (QED) is 0.779. The number of nitrogens with zero attached hydrogens (tertiary/aromatic N) is 2. The second kappa shape index (κ2) is 6.72. The van der Waals surface area contributed by atoms with E-state index < -0.39 is 28.8 Å². The summed E-state index contributed by atoms with van der Waals surface area (Å²) in [4.78, 5) is 36.4. The molecule has 0 saturated heterocycles. The molecule has 0 unspecified atom stereocenters. The van der Waals surface area contributed by atoms with E-state index in [1.165, 1.54) is 29.0 Å². The lowest BCUT2D eigenvalue weighted by Gasteiger charge is -2.19. The van der Waals surface area contributed by atoms with Crippen molar-refractivity contribution in [3.63, 3.8) is 0 Å². The minimum atomic E-state index is -1.04. The highest BCUT2D eigenvalue weighted by Crippen LogP contribution is 2.17. The summed E-state index contributed by atoms with van der Waals surface area (Å²) in [5.41, 5.74) is -1.81. The summed E-state index contributed by atoms with van der Waals surface area (Å²) in [6.07, 6.45) is 0.245. The van der Waals surface area contributed by atoms with Gasteiger partial charge in [-0.3, -0.25) is 9.36 Å².